The van der Waals surface area contributed by atoms with Crippen molar-refractivity contribution in [3.63, 3.8) is 0 Å². The molecule has 3 aromatic carbocycles. The van der Waals surface area contributed by atoms with Crippen LogP contribution in [0.1, 0.15) is 11.1 Å². The maximum absolute atomic E-state index is 12.7. The first kappa shape index (κ1) is 21.2. The average Bonchev–Trinajstić information content (AvgIpc) is 2.82. The van der Waals surface area contributed by atoms with E-state index in [9.17, 15) is 9.59 Å². The van der Waals surface area contributed by atoms with Crippen LogP contribution in [0.5, 0.6) is 11.5 Å². The zero-order valence-corrected chi connectivity index (χ0v) is 17.8. The number of urea groups is 1. The van der Waals surface area contributed by atoms with Gasteiger partial charge in [-0.25, -0.2) is 4.79 Å². The number of rotatable bonds is 6. The molecule has 0 saturated heterocycles. The van der Waals surface area contributed by atoms with Gasteiger partial charge in [0.15, 0.2) is 0 Å². The third kappa shape index (κ3) is 5.37. The van der Waals surface area contributed by atoms with Crippen molar-refractivity contribution in [3.8, 4) is 11.5 Å². The highest BCUT2D eigenvalue weighted by Gasteiger charge is 2.26. The Bertz CT molecular complexity index is 1100. The van der Waals surface area contributed by atoms with Gasteiger partial charge in [-0.2, -0.15) is 0 Å². The zero-order chi connectivity index (χ0) is 22.3. The quantitative estimate of drug-likeness (QED) is 0.546. The number of carbonyl (C=O) groups is 2. The molecule has 1 unspecified atom stereocenters. The van der Waals surface area contributed by atoms with Crippen molar-refractivity contribution in [2.24, 2.45) is 5.92 Å². The Labute approximate surface area is 186 Å². The summed E-state index contributed by atoms with van der Waals surface area (Å²) in [6.07, 6.45) is 0.537. The second-order valence-corrected chi connectivity index (χ2v) is 7.55. The molecule has 7 heteroatoms. The number of hydrogen-bond donors (Lipinski definition) is 3. The lowest BCUT2D eigenvalue weighted by Crippen LogP contribution is -2.37. The molecule has 164 valence electrons. The van der Waals surface area contributed by atoms with Crippen LogP contribution < -0.4 is 25.4 Å². The van der Waals surface area contributed by atoms with Gasteiger partial charge in [-0.05, 0) is 60.0 Å². The normalized spacial score (nSPS) is 14.5. The van der Waals surface area contributed by atoms with E-state index in [1.54, 1.807) is 13.2 Å². The highest BCUT2D eigenvalue weighted by atomic mass is 16.5. The monoisotopic (exact) mass is 431 g/mol. The first-order chi connectivity index (χ1) is 15.6. The summed E-state index contributed by atoms with van der Waals surface area (Å²) >= 11 is 0. The number of anilines is 2. The Balaban J connectivity index is 1.35. The Hall–Kier alpha value is -4.00. The van der Waals surface area contributed by atoms with Crippen LogP contribution in [0, 0.1) is 5.92 Å². The van der Waals surface area contributed by atoms with Gasteiger partial charge < -0.3 is 25.4 Å². The number of nitrogens with one attached hydrogen (secondary N) is 3. The number of para-hydroxylation sites is 1. The van der Waals surface area contributed by atoms with Gasteiger partial charge in [0.2, 0.25) is 5.91 Å². The van der Waals surface area contributed by atoms with Crippen molar-refractivity contribution < 1.29 is 19.1 Å². The number of benzene rings is 3. The van der Waals surface area contributed by atoms with Crippen LogP contribution in [0.4, 0.5) is 16.2 Å². The van der Waals surface area contributed by atoms with Crippen LogP contribution in [0.2, 0.25) is 0 Å². The van der Waals surface area contributed by atoms with E-state index in [-0.39, 0.29) is 17.9 Å². The molecule has 3 amide bonds. The molecule has 1 atom stereocenters. The molecule has 0 spiro atoms. The smallest absolute Gasteiger partial charge is 0.323 e. The van der Waals surface area contributed by atoms with Crippen LogP contribution >= 0.6 is 0 Å². The topological polar surface area (TPSA) is 88.7 Å². The molecule has 0 fully saturated rings. The Morgan fingerprint density at radius 2 is 1.78 bits per heavy atom. The van der Waals surface area contributed by atoms with Gasteiger partial charge >= 0.3 is 6.03 Å². The molecule has 1 aliphatic heterocycles. The van der Waals surface area contributed by atoms with E-state index < -0.39 is 0 Å². The summed E-state index contributed by atoms with van der Waals surface area (Å²) in [6.45, 7) is 0.735. The Kier molecular flexibility index (Phi) is 6.55. The zero-order valence-electron chi connectivity index (χ0n) is 17.8. The number of fused-ring (bicyclic) bond motifs is 1. The lowest BCUT2D eigenvalue weighted by molar-refractivity contribution is -0.126. The highest BCUT2D eigenvalue weighted by molar-refractivity contribution is 5.99. The predicted octanol–water partition coefficient (Wildman–Crippen LogP) is 4.21. The van der Waals surface area contributed by atoms with Crippen molar-refractivity contribution in [2.45, 2.75) is 13.0 Å². The molecule has 3 aromatic rings. The van der Waals surface area contributed by atoms with Gasteiger partial charge in [-0.3, -0.25) is 4.79 Å². The van der Waals surface area contributed by atoms with E-state index >= 15 is 0 Å². The van der Waals surface area contributed by atoms with Gasteiger partial charge in [0, 0.05) is 17.9 Å². The summed E-state index contributed by atoms with van der Waals surface area (Å²) in [6, 6.07) is 21.9. The van der Waals surface area contributed by atoms with Gasteiger partial charge in [0.05, 0.1) is 13.0 Å². The van der Waals surface area contributed by atoms with Crippen molar-refractivity contribution >= 4 is 23.3 Å². The summed E-state index contributed by atoms with van der Waals surface area (Å²) in [5, 5.41) is 8.58. The molecular weight excluding hydrogens is 406 g/mol. The molecule has 3 N–H and O–H groups in total. The maximum atomic E-state index is 12.7. The fourth-order valence-electron chi connectivity index (χ4n) is 3.57. The van der Waals surface area contributed by atoms with E-state index in [1.165, 1.54) is 0 Å². The predicted molar refractivity (Wildman–Crippen MR) is 123 cm³/mol. The van der Waals surface area contributed by atoms with Crippen LogP contribution in [0.15, 0.2) is 72.8 Å². The molecule has 0 aliphatic carbocycles. The van der Waals surface area contributed by atoms with E-state index in [0.29, 0.717) is 30.9 Å². The molecule has 4 rings (SSSR count). The van der Waals surface area contributed by atoms with Crippen molar-refractivity contribution in [1.82, 2.24) is 5.32 Å². The second kappa shape index (κ2) is 9.87. The van der Waals surface area contributed by atoms with Crippen LogP contribution in [-0.2, 0) is 17.8 Å². The summed E-state index contributed by atoms with van der Waals surface area (Å²) in [4.78, 5) is 25.0. The molecule has 0 saturated carbocycles. The number of hydrogen-bond acceptors (Lipinski definition) is 4. The van der Waals surface area contributed by atoms with Crippen molar-refractivity contribution in [1.29, 1.82) is 0 Å². The minimum atomic E-state index is -0.333. The van der Waals surface area contributed by atoms with E-state index in [4.69, 9.17) is 9.47 Å². The fourth-order valence-corrected chi connectivity index (χ4v) is 3.57. The molecule has 0 aromatic heterocycles. The third-order valence-electron chi connectivity index (χ3n) is 5.23. The summed E-state index contributed by atoms with van der Waals surface area (Å²) < 4.78 is 11.0. The van der Waals surface area contributed by atoms with Gasteiger partial charge in [0.25, 0.3) is 0 Å². The molecule has 1 heterocycles. The minimum Gasteiger partial charge on any atom is -0.497 e. The van der Waals surface area contributed by atoms with Crippen LogP contribution in [-0.4, -0.2) is 25.7 Å². The lowest BCUT2D eigenvalue weighted by Gasteiger charge is -2.25. The first-order valence-corrected chi connectivity index (χ1v) is 10.4. The van der Waals surface area contributed by atoms with E-state index in [2.05, 4.69) is 16.0 Å². The van der Waals surface area contributed by atoms with Gasteiger partial charge in [0.1, 0.15) is 18.1 Å². The third-order valence-corrected chi connectivity index (χ3v) is 5.23. The number of amides is 3. The van der Waals surface area contributed by atoms with Crippen molar-refractivity contribution in [2.75, 3.05) is 24.4 Å². The van der Waals surface area contributed by atoms with Crippen LogP contribution in [0.25, 0.3) is 0 Å². The average molecular weight is 431 g/mol. The number of ether oxygens (including phenoxy) is 2. The van der Waals surface area contributed by atoms with Crippen LogP contribution in [0.3, 0.4) is 0 Å². The Morgan fingerprint density at radius 3 is 2.59 bits per heavy atom. The van der Waals surface area contributed by atoms with E-state index in [1.807, 2.05) is 66.7 Å². The Morgan fingerprint density at radius 1 is 0.969 bits per heavy atom. The van der Waals surface area contributed by atoms with Gasteiger partial charge in [-0.15, -0.1) is 0 Å². The molecular formula is C25H25N3O4. The molecule has 32 heavy (non-hydrogen) atoms. The molecule has 1 aliphatic rings. The second-order valence-electron chi connectivity index (χ2n) is 7.55. The number of carbonyl (C=O) groups excluding carboxylic acids is 2. The molecule has 0 radical (unpaired) electrons. The summed E-state index contributed by atoms with van der Waals surface area (Å²) in [7, 11) is 1.61. The highest BCUT2D eigenvalue weighted by Crippen LogP contribution is 2.30. The largest absolute Gasteiger partial charge is 0.497 e. The van der Waals surface area contributed by atoms with Gasteiger partial charge in [-0.1, -0.05) is 30.3 Å². The standard InChI is InChI=1S/C25H25N3O4/c1-31-22-9-5-6-17(12-22)15-26-24(29)19-13-18-14-21(10-11-23(18)32-16-19)28-25(30)27-20-7-3-2-4-8-20/h2-12,14,19H,13,15-16H2,1H3,(H,26,29)(H2,27,28,30). The summed E-state index contributed by atoms with van der Waals surface area (Å²) in [5.41, 5.74) is 3.19. The maximum Gasteiger partial charge on any atom is 0.323 e. The summed E-state index contributed by atoms with van der Waals surface area (Å²) in [5.74, 6) is 1.11. The van der Waals surface area contributed by atoms with Crippen molar-refractivity contribution in [3.05, 3.63) is 83.9 Å². The molecule has 0 bridgehead atoms. The number of methoxy groups -OCH3 is 1. The fraction of sp³-hybridized carbons (Fsp3) is 0.200. The lowest BCUT2D eigenvalue weighted by atomic mass is 9.95. The molecule has 7 nitrogen and oxygen atoms in total. The SMILES string of the molecule is COc1cccc(CNC(=O)C2COc3ccc(NC(=O)Nc4ccccc4)cc3C2)c1. The van der Waals surface area contributed by atoms with E-state index in [0.717, 1.165) is 22.6 Å². The first-order valence-electron chi connectivity index (χ1n) is 10.4. The minimum absolute atomic E-state index is 0.0707.